The fraction of sp³-hybridized carbons (Fsp3) is 0.286. The number of aromatic nitrogens is 4. The molecule has 0 bridgehead atoms. The third-order valence-electron chi connectivity index (χ3n) is 5.27. The number of nitriles is 1. The minimum atomic E-state index is -0.635. The molecule has 10 heteroatoms. The van der Waals surface area contributed by atoms with Crippen molar-refractivity contribution in [1.29, 1.82) is 5.26 Å². The van der Waals surface area contributed by atoms with Gasteiger partial charge in [0.25, 0.3) is 5.91 Å². The summed E-state index contributed by atoms with van der Waals surface area (Å²) in [5.74, 6) is -1.05. The number of amides is 1. The smallest absolute Gasteiger partial charge is 0.254 e. The van der Waals surface area contributed by atoms with E-state index < -0.39 is 5.91 Å². The highest BCUT2D eigenvalue weighted by atomic mass is 19.1. The number of anilines is 2. The molecule has 9 nitrogen and oxygen atoms in total. The molecule has 2 aromatic heterocycles. The van der Waals surface area contributed by atoms with Gasteiger partial charge in [0.1, 0.15) is 11.4 Å². The number of hydrogen-bond donors (Lipinski definition) is 2. The number of nitrogens with one attached hydrogen (secondary N) is 1. The molecule has 2 atom stereocenters. The van der Waals surface area contributed by atoms with Gasteiger partial charge in [-0.2, -0.15) is 10.4 Å². The molecule has 3 aromatic rings. The lowest BCUT2D eigenvalue weighted by Crippen LogP contribution is -2.40. The number of rotatable bonds is 6. The Morgan fingerprint density at radius 2 is 2.13 bits per heavy atom. The topological polar surface area (TPSA) is 126 Å². The summed E-state index contributed by atoms with van der Waals surface area (Å²) in [5.41, 5.74) is 7.16. The van der Waals surface area contributed by atoms with Crippen molar-refractivity contribution in [3.8, 4) is 6.07 Å². The third-order valence-corrected chi connectivity index (χ3v) is 5.27. The van der Waals surface area contributed by atoms with E-state index in [4.69, 9.17) is 5.73 Å². The second-order valence-electron chi connectivity index (χ2n) is 7.39. The van der Waals surface area contributed by atoms with Crippen molar-refractivity contribution in [2.75, 3.05) is 18.4 Å². The van der Waals surface area contributed by atoms with Crippen molar-refractivity contribution >= 4 is 17.4 Å². The van der Waals surface area contributed by atoms with Crippen LogP contribution in [-0.4, -0.2) is 43.6 Å². The van der Waals surface area contributed by atoms with Crippen LogP contribution in [-0.2, 0) is 6.54 Å². The largest absolute Gasteiger partial charge is 0.365 e. The fourth-order valence-electron chi connectivity index (χ4n) is 3.74. The average molecular weight is 420 g/mol. The Kier molecular flexibility index (Phi) is 5.86. The summed E-state index contributed by atoms with van der Waals surface area (Å²) in [7, 11) is 0. The molecule has 0 unspecified atom stereocenters. The van der Waals surface area contributed by atoms with E-state index in [1.165, 1.54) is 12.1 Å². The van der Waals surface area contributed by atoms with Crippen molar-refractivity contribution in [2.24, 2.45) is 11.7 Å². The summed E-state index contributed by atoms with van der Waals surface area (Å²) in [6.07, 6.45) is 7.23. The number of nitrogens with two attached hydrogens (primary N) is 1. The number of likely N-dealkylation sites (tertiary alicyclic amines) is 1. The van der Waals surface area contributed by atoms with Crippen molar-refractivity contribution in [1.82, 2.24) is 24.6 Å². The Morgan fingerprint density at radius 3 is 2.81 bits per heavy atom. The van der Waals surface area contributed by atoms with Gasteiger partial charge in [-0.05, 0) is 30.7 Å². The first-order chi connectivity index (χ1) is 15.0. The molecule has 0 spiro atoms. The number of benzene rings is 1. The third kappa shape index (κ3) is 4.67. The Bertz CT molecular complexity index is 1090. The minimum Gasteiger partial charge on any atom is -0.365 e. The average Bonchev–Trinajstić information content (AvgIpc) is 3.20. The van der Waals surface area contributed by atoms with Gasteiger partial charge >= 0.3 is 0 Å². The Hall–Kier alpha value is -3.84. The molecule has 4 rings (SSSR count). The Morgan fingerprint density at radius 1 is 1.32 bits per heavy atom. The van der Waals surface area contributed by atoms with Crippen molar-refractivity contribution in [3.05, 3.63) is 66.1 Å². The van der Waals surface area contributed by atoms with Gasteiger partial charge in [0, 0.05) is 50.1 Å². The standard InChI is InChI=1S/C21H21FN8O/c22-15-1-3-16(4-2-15)27-21-18(20(24)31)13-30(28-21)19-5-8-29(11-14(19)9-23)12-17-10-25-6-7-26-17/h1-4,6-7,10,13-14,19H,5,8,11-12H2,(H2,24,31)(H,27,28)/t14-,19+/m0/s1. The lowest BCUT2D eigenvalue weighted by Gasteiger charge is -2.35. The van der Waals surface area contributed by atoms with E-state index in [0.717, 1.165) is 12.2 Å². The Balaban J connectivity index is 1.52. The van der Waals surface area contributed by atoms with Crippen LogP contribution in [0, 0.1) is 23.1 Å². The van der Waals surface area contributed by atoms with Crippen molar-refractivity contribution in [3.63, 3.8) is 0 Å². The zero-order valence-electron chi connectivity index (χ0n) is 16.6. The lowest BCUT2D eigenvalue weighted by molar-refractivity contribution is 0.100. The van der Waals surface area contributed by atoms with E-state index in [1.807, 2.05) is 0 Å². The van der Waals surface area contributed by atoms with Crippen molar-refractivity contribution in [2.45, 2.75) is 19.0 Å². The molecular formula is C21H21FN8O. The second kappa shape index (κ2) is 8.89. The summed E-state index contributed by atoms with van der Waals surface area (Å²) in [6.45, 7) is 1.90. The van der Waals surface area contributed by atoms with Crippen LogP contribution in [0.3, 0.4) is 0 Å². The molecule has 1 aliphatic rings. The van der Waals surface area contributed by atoms with Gasteiger partial charge in [-0.3, -0.25) is 24.3 Å². The maximum atomic E-state index is 13.2. The number of piperidine rings is 1. The minimum absolute atomic E-state index is 0.204. The normalized spacial score (nSPS) is 19.0. The van der Waals surface area contributed by atoms with E-state index in [0.29, 0.717) is 25.2 Å². The van der Waals surface area contributed by atoms with Crippen LogP contribution in [0.15, 0.2) is 49.1 Å². The molecule has 1 fully saturated rings. The molecule has 158 valence electrons. The molecule has 3 heterocycles. The van der Waals surface area contributed by atoms with E-state index in [2.05, 4.69) is 31.4 Å². The first kappa shape index (κ1) is 20.4. The van der Waals surface area contributed by atoms with Crippen LogP contribution >= 0.6 is 0 Å². The zero-order valence-corrected chi connectivity index (χ0v) is 16.6. The number of nitrogens with zero attached hydrogens (tertiary/aromatic N) is 6. The van der Waals surface area contributed by atoms with Crippen molar-refractivity contribution < 1.29 is 9.18 Å². The van der Waals surface area contributed by atoms with Crippen LogP contribution < -0.4 is 11.1 Å². The van der Waals surface area contributed by atoms with Gasteiger partial charge in [0.05, 0.1) is 23.7 Å². The zero-order chi connectivity index (χ0) is 21.8. The quantitative estimate of drug-likeness (QED) is 0.626. The van der Waals surface area contributed by atoms with E-state index in [1.54, 1.807) is 41.6 Å². The number of halogens is 1. The highest BCUT2D eigenvalue weighted by Crippen LogP contribution is 2.30. The van der Waals surface area contributed by atoms with E-state index >= 15 is 0 Å². The first-order valence-electron chi connectivity index (χ1n) is 9.82. The van der Waals surface area contributed by atoms with Gasteiger partial charge < -0.3 is 11.1 Å². The molecule has 31 heavy (non-hydrogen) atoms. The maximum absolute atomic E-state index is 13.2. The highest BCUT2D eigenvalue weighted by molar-refractivity contribution is 5.98. The van der Waals surface area contributed by atoms with Crippen LogP contribution in [0.25, 0.3) is 0 Å². The van der Waals surface area contributed by atoms with E-state index in [-0.39, 0.29) is 29.2 Å². The molecule has 1 aliphatic heterocycles. The fourth-order valence-corrected chi connectivity index (χ4v) is 3.74. The highest BCUT2D eigenvalue weighted by Gasteiger charge is 2.32. The number of carbonyl (C=O) groups excluding carboxylic acids is 1. The van der Waals surface area contributed by atoms with Gasteiger partial charge in [-0.1, -0.05) is 0 Å². The molecule has 1 saturated heterocycles. The molecule has 1 aromatic carbocycles. The first-order valence-corrected chi connectivity index (χ1v) is 9.82. The van der Waals surface area contributed by atoms with Gasteiger partial charge in [-0.25, -0.2) is 4.39 Å². The summed E-state index contributed by atoms with van der Waals surface area (Å²) in [4.78, 5) is 22.5. The van der Waals surface area contributed by atoms with Gasteiger partial charge in [-0.15, -0.1) is 0 Å². The summed E-state index contributed by atoms with van der Waals surface area (Å²) >= 11 is 0. The van der Waals surface area contributed by atoms with Gasteiger partial charge in [0.15, 0.2) is 5.82 Å². The summed E-state index contributed by atoms with van der Waals surface area (Å²) < 4.78 is 14.8. The summed E-state index contributed by atoms with van der Waals surface area (Å²) in [5, 5.41) is 17.3. The van der Waals surface area contributed by atoms with Gasteiger partial charge in [0.2, 0.25) is 0 Å². The number of hydrogen-bond acceptors (Lipinski definition) is 7. The molecule has 0 radical (unpaired) electrons. The Labute approximate surface area is 178 Å². The van der Waals surface area contributed by atoms with Crippen LogP contribution in [0.4, 0.5) is 15.9 Å². The maximum Gasteiger partial charge on any atom is 0.254 e. The second-order valence-corrected chi connectivity index (χ2v) is 7.39. The molecule has 3 N–H and O–H groups in total. The van der Waals surface area contributed by atoms with Crippen LogP contribution in [0.2, 0.25) is 0 Å². The monoisotopic (exact) mass is 420 g/mol. The predicted molar refractivity (Wildman–Crippen MR) is 110 cm³/mol. The number of primary amides is 1. The number of carbonyl (C=O) groups is 1. The summed E-state index contributed by atoms with van der Waals surface area (Å²) in [6, 6.07) is 7.86. The molecular weight excluding hydrogens is 399 g/mol. The van der Waals surface area contributed by atoms with Crippen LogP contribution in [0.5, 0.6) is 0 Å². The lowest BCUT2D eigenvalue weighted by atomic mass is 9.93. The molecule has 1 amide bonds. The molecule has 0 aliphatic carbocycles. The van der Waals surface area contributed by atoms with E-state index in [9.17, 15) is 14.4 Å². The molecule has 0 saturated carbocycles. The van der Waals surface area contributed by atoms with Crippen LogP contribution in [0.1, 0.15) is 28.5 Å². The predicted octanol–water partition coefficient (Wildman–Crippen LogP) is 2.24. The SMILES string of the molecule is N#C[C@H]1CN(Cc2cnccn2)CC[C@H]1n1cc(C(N)=O)c(Nc2ccc(F)cc2)n1.